The minimum atomic E-state index is -0.384. The van der Waals surface area contributed by atoms with Crippen molar-refractivity contribution in [2.45, 2.75) is 56.8 Å². The summed E-state index contributed by atoms with van der Waals surface area (Å²) in [6, 6.07) is 6.42. The molecule has 2 saturated heterocycles. The van der Waals surface area contributed by atoms with E-state index in [0.717, 1.165) is 52.8 Å². The zero-order valence-corrected chi connectivity index (χ0v) is 20.6. The lowest BCUT2D eigenvalue weighted by molar-refractivity contribution is -0.135. The molecule has 0 spiro atoms. The summed E-state index contributed by atoms with van der Waals surface area (Å²) < 4.78 is 5.63. The Morgan fingerprint density at radius 3 is 2.35 bits per heavy atom. The molecule has 2 aliphatic heterocycles. The first-order valence-electron chi connectivity index (χ1n) is 12.7. The summed E-state index contributed by atoms with van der Waals surface area (Å²) in [5.41, 5.74) is 2.43. The average molecular weight is 481 g/mol. The number of ether oxygens (including phenoxy) is 1. The van der Waals surface area contributed by atoms with Crippen LogP contribution in [0.3, 0.4) is 0 Å². The summed E-state index contributed by atoms with van der Waals surface area (Å²) in [5.74, 6) is 2.71. The number of rotatable bonds is 5. The first kappa shape index (κ1) is 22.2. The van der Waals surface area contributed by atoms with Crippen molar-refractivity contribution in [2.75, 3.05) is 26.7 Å². The molecule has 0 radical (unpaired) electrons. The monoisotopic (exact) mass is 480 g/mol. The van der Waals surface area contributed by atoms with Crippen LogP contribution in [-0.4, -0.2) is 53.6 Å². The molecule has 4 saturated carbocycles. The molecule has 0 unspecified atom stereocenters. The number of benzene rings is 1. The predicted molar refractivity (Wildman–Crippen MR) is 131 cm³/mol. The summed E-state index contributed by atoms with van der Waals surface area (Å²) in [6.07, 6.45) is 11.7. The van der Waals surface area contributed by atoms with Crippen molar-refractivity contribution in [3.8, 4) is 5.75 Å². The van der Waals surface area contributed by atoms with Crippen LogP contribution in [0.5, 0.6) is 5.75 Å². The van der Waals surface area contributed by atoms with Crippen LogP contribution >= 0.6 is 11.8 Å². The molecule has 4 aliphatic carbocycles. The number of hydrogen-bond acceptors (Lipinski definition) is 5. The van der Waals surface area contributed by atoms with Crippen molar-refractivity contribution in [1.82, 2.24) is 9.80 Å². The molecular weight excluding hydrogens is 448 g/mol. The molecule has 6 nitrogen and oxygen atoms in total. The quantitative estimate of drug-likeness (QED) is 0.565. The van der Waals surface area contributed by atoms with Gasteiger partial charge in [0.05, 0.1) is 12.0 Å². The van der Waals surface area contributed by atoms with Crippen LogP contribution in [0.4, 0.5) is 4.79 Å². The summed E-state index contributed by atoms with van der Waals surface area (Å²) >= 11 is 0.918. The first-order valence-corrected chi connectivity index (χ1v) is 13.5. The predicted octanol–water partition coefficient (Wildman–Crippen LogP) is 4.82. The molecule has 7 rings (SSSR count). The SMILES string of the molecule is COc1ccc(C23CC4CC(CC(C4)C2)C3)cc1/C=C1/SC(=O)N(CC(=O)N2CCCC2)C1=O. The van der Waals surface area contributed by atoms with Gasteiger partial charge in [0.25, 0.3) is 11.1 Å². The molecule has 1 aromatic rings. The second kappa shape index (κ2) is 8.43. The Morgan fingerprint density at radius 1 is 1.09 bits per heavy atom. The van der Waals surface area contributed by atoms with Gasteiger partial charge in [0.15, 0.2) is 0 Å². The third-order valence-corrected chi connectivity index (χ3v) is 9.70. The van der Waals surface area contributed by atoms with E-state index < -0.39 is 0 Å². The Balaban J connectivity index is 1.27. The molecule has 34 heavy (non-hydrogen) atoms. The summed E-state index contributed by atoms with van der Waals surface area (Å²) in [7, 11) is 1.64. The molecule has 6 fully saturated rings. The van der Waals surface area contributed by atoms with Crippen LogP contribution in [0.25, 0.3) is 6.08 Å². The zero-order valence-electron chi connectivity index (χ0n) is 19.8. The van der Waals surface area contributed by atoms with Gasteiger partial charge in [-0.15, -0.1) is 0 Å². The van der Waals surface area contributed by atoms with Crippen molar-refractivity contribution in [3.05, 3.63) is 34.2 Å². The van der Waals surface area contributed by atoms with Crippen molar-refractivity contribution in [3.63, 3.8) is 0 Å². The number of imide groups is 1. The topological polar surface area (TPSA) is 66.9 Å². The highest BCUT2D eigenvalue weighted by molar-refractivity contribution is 8.18. The van der Waals surface area contributed by atoms with E-state index in [0.29, 0.717) is 23.7 Å². The van der Waals surface area contributed by atoms with Crippen LogP contribution in [0.2, 0.25) is 0 Å². The molecule has 1 aromatic carbocycles. The van der Waals surface area contributed by atoms with Gasteiger partial charge >= 0.3 is 0 Å². The Bertz CT molecular complexity index is 1040. The van der Waals surface area contributed by atoms with E-state index in [1.54, 1.807) is 18.1 Å². The second-order valence-electron chi connectivity index (χ2n) is 11.0. The molecular formula is C27H32N2O4S. The standard InChI is InChI=1S/C27H32N2O4S/c1-33-22-5-4-21(27-13-17-8-18(14-27)10-19(9-17)15-27)11-20(22)12-23-25(31)29(26(32)34-23)16-24(30)28-6-2-3-7-28/h4-5,11-12,17-19H,2-3,6-10,13-16H2,1H3/b23-12+. The maximum Gasteiger partial charge on any atom is 0.294 e. The smallest absolute Gasteiger partial charge is 0.294 e. The highest BCUT2D eigenvalue weighted by Gasteiger charge is 2.51. The molecule has 0 N–H and O–H groups in total. The normalized spacial score (nSPS) is 33.4. The molecule has 0 aromatic heterocycles. The third kappa shape index (κ3) is 3.76. The van der Waals surface area contributed by atoms with Crippen molar-refractivity contribution in [1.29, 1.82) is 0 Å². The third-order valence-electron chi connectivity index (χ3n) is 8.79. The van der Waals surface area contributed by atoms with Gasteiger partial charge < -0.3 is 9.64 Å². The highest BCUT2D eigenvalue weighted by atomic mass is 32.2. The maximum atomic E-state index is 13.1. The minimum absolute atomic E-state index is 0.151. The molecule has 3 amide bonds. The molecule has 7 heteroatoms. The fraction of sp³-hybridized carbons (Fsp3) is 0.593. The van der Waals surface area contributed by atoms with Gasteiger partial charge in [-0.3, -0.25) is 19.3 Å². The van der Waals surface area contributed by atoms with Crippen LogP contribution in [0.15, 0.2) is 23.1 Å². The van der Waals surface area contributed by atoms with E-state index in [4.69, 9.17) is 4.74 Å². The Kier molecular flexibility index (Phi) is 5.51. The van der Waals surface area contributed by atoms with E-state index >= 15 is 0 Å². The van der Waals surface area contributed by atoms with Crippen LogP contribution < -0.4 is 4.74 Å². The Labute approximate surface area is 205 Å². The summed E-state index contributed by atoms with van der Waals surface area (Å²) in [4.78, 5) is 41.4. The molecule has 4 bridgehead atoms. The fourth-order valence-electron chi connectivity index (χ4n) is 7.62. The van der Waals surface area contributed by atoms with E-state index in [1.165, 1.54) is 44.1 Å². The first-order chi connectivity index (χ1) is 16.4. The van der Waals surface area contributed by atoms with E-state index in [1.807, 2.05) is 6.07 Å². The zero-order chi connectivity index (χ0) is 23.4. The van der Waals surface area contributed by atoms with Crippen molar-refractivity contribution < 1.29 is 19.1 Å². The van der Waals surface area contributed by atoms with Crippen molar-refractivity contribution >= 4 is 34.9 Å². The van der Waals surface area contributed by atoms with Gasteiger partial charge in [-0.1, -0.05) is 6.07 Å². The van der Waals surface area contributed by atoms with Crippen molar-refractivity contribution in [2.24, 2.45) is 17.8 Å². The van der Waals surface area contributed by atoms with Gasteiger partial charge in [0.2, 0.25) is 5.91 Å². The second-order valence-corrected chi connectivity index (χ2v) is 12.0. The lowest BCUT2D eigenvalue weighted by Crippen LogP contribution is -2.48. The van der Waals surface area contributed by atoms with Crippen LogP contribution in [0.1, 0.15) is 62.5 Å². The summed E-state index contributed by atoms with van der Waals surface area (Å²) in [5, 5.41) is -0.375. The van der Waals surface area contributed by atoms with Gasteiger partial charge in [-0.25, -0.2) is 0 Å². The average Bonchev–Trinajstić information content (AvgIpc) is 3.43. The van der Waals surface area contributed by atoms with Gasteiger partial charge in [-0.2, -0.15) is 0 Å². The Morgan fingerprint density at radius 2 is 1.74 bits per heavy atom. The number of methoxy groups -OCH3 is 1. The number of carbonyl (C=O) groups is 3. The maximum absolute atomic E-state index is 13.1. The highest BCUT2D eigenvalue weighted by Crippen LogP contribution is 2.61. The number of nitrogens with zero attached hydrogens (tertiary/aromatic N) is 2. The largest absolute Gasteiger partial charge is 0.496 e. The molecule has 2 heterocycles. The van der Waals surface area contributed by atoms with E-state index in [-0.39, 0.29) is 29.0 Å². The minimum Gasteiger partial charge on any atom is -0.496 e. The lowest BCUT2D eigenvalue weighted by Gasteiger charge is -2.57. The number of likely N-dealkylation sites (tertiary alicyclic amines) is 1. The van der Waals surface area contributed by atoms with Gasteiger partial charge in [0.1, 0.15) is 12.3 Å². The van der Waals surface area contributed by atoms with Gasteiger partial charge in [-0.05, 0) is 110 Å². The number of amides is 3. The van der Waals surface area contributed by atoms with Gasteiger partial charge in [0, 0.05) is 18.7 Å². The number of thioether (sulfide) groups is 1. The molecule has 6 aliphatic rings. The Hall–Kier alpha value is -2.28. The van der Waals surface area contributed by atoms with Crippen LogP contribution in [0, 0.1) is 17.8 Å². The number of carbonyl (C=O) groups excluding carboxylic acids is 3. The number of hydrogen-bond donors (Lipinski definition) is 0. The summed E-state index contributed by atoms with van der Waals surface area (Å²) in [6.45, 7) is 1.24. The van der Waals surface area contributed by atoms with Crippen LogP contribution in [-0.2, 0) is 15.0 Å². The molecule has 180 valence electrons. The van der Waals surface area contributed by atoms with E-state index in [2.05, 4.69) is 12.1 Å². The van der Waals surface area contributed by atoms with E-state index in [9.17, 15) is 14.4 Å². The lowest BCUT2D eigenvalue weighted by atomic mass is 9.48. The fourth-order valence-corrected chi connectivity index (χ4v) is 8.45. The molecule has 0 atom stereocenters.